The van der Waals surface area contributed by atoms with E-state index in [-0.39, 0.29) is 0 Å². The maximum atomic E-state index is 11.3. The molecule has 0 fully saturated rings. The molecule has 0 radical (unpaired) electrons. The molecule has 0 saturated carbocycles. The molecule has 5 nitrogen and oxygen atoms in total. The minimum atomic E-state index is -0.888. The molecule has 0 bridgehead atoms. The number of carbonyl (C=O) groups is 1. The van der Waals surface area contributed by atoms with E-state index >= 15 is 0 Å². The van der Waals surface area contributed by atoms with Crippen molar-refractivity contribution < 1.29 is 9.90 Å². The molecule has 19 heavy (non-hydrogen) atoms. The minimum absolute atomic E-state index is 0.349. The lowest BCUT2D eigenvalue weighted by atomic mass is 10.2. The third-order valence-electron chi connectivity index (χ3n) is 3.28. The van der Waals surface area contributed by atoms with Gasteiger partial charge in [0.15, 0.2) is 0 Å². The molecular formula is C14H19N3O2. The zero-order chi connectivity index (χ0) is 14.0. The lowest BCUT2D eigenvalue weighted by Gasteiger charge is -2.08. The van der Waals surface area contributed by atoms with Crippen LogP contribution >= 0.6 is 0 Å². The third-order valence-corrected chi connectivity index (χ3v) is 3.28. The molecular weight excluding hydrogens is 242 g/mol. The van der Waals surface area contributed by atoms with Crippen LogP contribution in [-0.2, 0) is 19.5 Å². The van der Waals surface area contributed by atoms with Crippen molar-refractivity contribution in [2.24, 2.45) is 0 Å². The van der Waals surface area contributed by atoms with E-state index in [1.807, 2.05) is 36.9 Å². The van der Waals surface area contributed by atoms with Gasteiger partial charge in [-0.3, -0.25) is 4.68 Å². The zero-order valence-corrected chi connectivity index (χ0v) is 11.6. The zero-order valence-electron chi connectivity index (χ0n) is 11.6. The second kappa shape index (κ2) is 5.30. The fourth-order valence-electron chi connectivity index (χ4n) is 2.27. The van der Waals surface area contributed by atoms with Crippen molar-refractivity contribution in [3.63, 3.8) is 0 Å². The van der Waals surface area contributed by atoms with Crippen LogP contribution in [0.4, 0.5) is 0 Å². The van der Waals surface area contributed by atoms with Gasteiger partial charge in [0, 0.05) is 12.7 Å². The van der Waals surface area contributed by atoms with E-state index < -0.39 is 5.97 Å². The van der Waals surface area contributed by atoms with Crippen LogP contribution in [0.3, 0.4) is 0 Å². The fraction of sp³-hybridized carbons (Fsp3) is 0.429. The van der Waals surface area contributed by atoms with Crippen molar-refractivity contribution in [1.82, 2.24) is 14.3 Å². The van der Waals surface area contributed by atoms with E-state index in [4.69, 9.17) is 0 Å². The fourth-order valence-corrected chi connectivity index (χ4v) is 2.27. The number of hydrogen-bond acceptors (Lipinski definition) is 2. The molecule has 0 saturated heterocycles. The molecule has 2 aromatic rings. The summed E-state index contributed by atoms with van der Waals surface area (Å²) in [5.41, 5.74) is 3.21. The maximum Gasteiger partial charge on any atom is 0.352 e. The predicted molar refractivity (Wildman–Crippen MR) is 72.5 cm³/mol. The van der Waals surface area contributed by atoms with Gasteiger partial charge in [0.25, 0.3) is 0 Å². The van der Waals surface area contributed by atoms with Crippen LogP contribution in [0, 0.1) is 6.92 Å². The van der Waals surface area contributed by atoms with Crippen molar-refractivity contribution >= 4 is 5.97 Å². The Balaban J connectivity index is 2.36. The van der Waals surface area contributed by atoms with Gasteiger partial charge >= 0.3 is 5.97 Å². The lowest BCUT2D eigenvalue weighted by molar-refractivity contribution is 0.0685. The predicted octanol–water partition coefficient (Wildman–Crippen LogP) is 2.32. The topological polar surface area (TPSA) is 60.1 Å². The summed E-state index contributed by atoms with van der Waals surface area (Å²) in [5.74, 6) is -0.888. The first kappa shape index (κ1) is 13.4. The Kier molecular flexibility index (Phi) is 3.74. The summed E-state index contributed by atoms with van der Waals surface area (Å²) in [6.45, 7) is 7.24. The molecule has 0 aliphatic rings. The van der Waals surface area contributed by atoms with E-state index in [1.54, 1.807) is 4.57 Å². The Labute approximate surface area is 112 Å². The maximum absolute atomic E-state index is 11.3. The summed E-state index contributed by atoms with van der Waals surface area (Å²) in [6.07, 6.45) is 2.70. The smallest absolute Gasteiger partial charge is 0.352 e. The van der Waals surface area contributed by atoms with E-state index in [0.29, 0.717) is 12.2 Å². The second-order valence-corrected chi connectivity index (χ2v) is 4.58. The molecule has 0 aliphatic carbocycles. The molecule has 2 rings (SSSR count). The largest absolute Gasteiger partial charge is 0.477 e. The van der Waals surface area contributed by atoms with Crippen LogP contribution in [0.15, 0.2) is 18.3 Å². The summed E-state index contributed by atoms with van der Waals surface area (Å²) in [4.78, 5) is 11.3. The summed E-state index contributed by atoms with van der Waals surface area (Å²) < 4.78 is 3.69. The molecule has 0 aromatic carbocycles. The van der Waals surface area contributed by atoms with Crippen LogP contribution in [0.2, 0.25) is 0 Å². The number of aryl methyl sites for hydroxylation is 3. The Bertz CT molecular complexity index is 596. The van der Waals surface area contributed by atoms with Gasteiger partial charge in [0.05, 0.1) is 17.9 Å². The summed E-state index contributed by atoms with van der Waals surface area (Å²) >= 11 is 0. The number of aromatic nitrogens is 3. The Morgan fingerprint density at radius 1 is 1.42 bits per heavy atom. The quantitative estimate of drug-likeness (QED) is 0.898. The molecule has 0 spiro atoms. The highest BCUT2D eigenvalue weighted by Gasteiger charge is 2.15. The molecule has 2 heterocycles. The minimum Gasteiger partial charge on any atom is -0.477 e. The Hall–Kier alpha value is -2.04. The summed E-state index contributed by atoms with van der Waals surface area (Å²) in [5, 5.41) is 13.7. The number of aromatic carboxylic acids is 1. The lowest BCUT2D eigenvalue weighted by Crippen LogP contribution is -2.13. The molecule has 2 aromatic heterocycles. The average molecular weight is 261 g/mol. The highest BCUT2D eigenvalue weighted by molar-refractivity contribution is 5.87. The first-order valence-electron chi connectivity index (χ1n) is 6.51. The molecule has 5 heteroatoms. The van der Waals surface area contributed by atoms with Gasteiger partial charge in [-0.15, -0.1) is 0 Å². The summed E-state index contributed by atoms with van der Waals surface area (Å²) in [6, 6.07) is 3.88. The molecule has 0 atom stereocenters. The SMILES string of the molecule is CCc1cc(Cn2ccc(C)c2C(=O)O)n(CC)n1. The number of carboxylic acid groups (broad SMARTS) is 1. The van der Waals surface area contributed by atoms with Crippen molar-refractivity contribution in [3.8, 4) is 0 Å². The Morgan fingerprint density at radius 3 is 2.74 bits per heavy atom. The van der Waals surface area contributed by atoms with Gasteiger partial charge < -0.3 is 9.67 Å². The van der Waals surface area contributed by atoms with Crippen LogP contribution in [-0.4, -0.2) is 25.4 Å². The highest BCUT2D eigenvalue weighted by Crippen LogP contribution is 2.14. The Morgan fingerprint density at radius 2 is 2.16 bits per heavy atom. The van der Waals surface area contributed by atoms with Gasteiger partial charge in [-0.25, -0.2) is 4.79 Å². The van der Waals surface area contributed by atoms with E-state index in [1.165, 1.54) is 0 Å². The first-order chi connectivity index (χ1) is 9.06. The number of carboxylic acids is 1. The van der Waals surface area contributed by atoms with Gasteiger partial charge in [0.1, 0.15) is 5.69 Å². The van der Waals surface area contributed by atoms with Gasteiger partial charge in [-0.2, -0.15) is 5.10 Å². The van der Waals surface area contributed by atoms with Crippen LogP contribution in [0.25, 0.3) is 0 Å². The summed E-state index contributed by atoms with van der Waals surface area (Å²) in [7, 11) is 0. The third kappa shape index (κ3) is 2.54. The van der Waals surface area contributed by atoms with Gasteiger partial charge in [-0.1, -0.05) is 6.92 Å². The van der Waals surface area contributed by atoms with Gasteiger partial charge in [-0.05, 0) is 38.0 Å². The number of nitrogens with zero attached hydrogens (tertiary/aromatic N) is 3. The van der Waals surface area contributed by atoms with E-state index in [0.717, 1.165) is 29.9 Å². The van der Waals surface area contributed by atoms with Gasteiger partial charge in [0.2, 0.25) is 0 Å². The monoisotopic (exact) mass is 261 g/mol. The van der Waals surface area contributed by atoms with Crippen molar-refractivity contribution in [1.29, 1.82) is 0 Å². The molecule has 0 amide bonds. The first-order valence-corrected chi connectivity index (χ1v) is 6.51. The molecule has 102 valence electrons. The number of hydrogen-bond donors (Lipinski definition) is 1. The highest BCUT2D eigenvalue weighted by atomic mass is 16.4. The van der Waals surface area contributed by atoms with Crippen LogP contribution in [0.1, 0.15) is 41.3 Å². The molecule has 0 unspecified atom stereocenters. The average Bonchev–Trinajstić information content (AvgIpc) is 2.93. The van der Waals surface area contributed by atoms with Crippen LogP contribution < -0.4 is 0 Å². The molecule has 1 N–H and O–H groups in total. The van der Waals surface area contributed by atoms with Crippen molar-refractivity contribution in [2.75, 3.05) is 0 Å². The standard InChI is InChI=1S/C14H19N3O2/c1-4-11-8-12(17(5-2)15-11)9-16-7-6-10(3)13(16)14(18)19/h6-8H,4-5,9H2,1-3H3,(H,18,19). The molecule has 0 aliphatic heterocycles. The van der Waals surface area contributed by atoms with Crippen molar-refractivity contribution in [2.45, 2.75) is 40.3 Å². The normalized spacial score (nSPS) is 10.9. The van der Waals surface area contributed by atoms with E-state index in [2.05, 4.69) is 12.0 Å². The van der Waals surface area contributed by atoms with Crippen LogP contribution in [0.5, 0.6) is 0 Å². The second-order valence-electron chi connectivity index (χ2n) is 4.58. The van der Waals surface area contributed by atoms with E-state index in [9.17, 15) is 9.90 Å². The number of rotatable bonds is 5. The van der Waals surface area contributed by atoms with Crippen molar-refractivity contribution in [3.05, 3.63) is 41.0 Å².